The second-order valence-corrected chi connectivity index (χ2v) is 3.63. The van der Waals surface area contributed by atoms with Crippen molar-refractivity contribution in [3.05, 3.63) is 12.2 Å². The topological polar surface area (TPSA) is 26.3 Å². The van der Waals surface area contributed by atoms with E-state index in [0.29, 0.717) is 16.8 Å². The average Bonchev–Trinajstić information content (AvgIpc) is 1.80. The van der Waals surface area contributed by atoms with Crippen molar-refractivity contribution in [3.8, 4) is 0 Å². The van der Waals surface area contributed by atoms with Crippen molar-refractivity contribution in [2.24, 2.45) is 0 Å². The summed E-state index contributed by atoms with van der Waals surface area (Å²) in [5.74, 6) is -0.321. The first-order chi connectivity index (χ1) is 4.83. The maximum atomic E-state index is 10.9. The van der Waals surface area contributed by atoms with Crippen LogP contribution in [0.2, 0.25) is 0 Å². The van der Waals surface area contributed by atoms with Gasteiger partial charge in [-0.25, -0.2) is 4.79 Å². The lowest BCUT2D eigenvalue weighted by molar-refractivity contribution is -0.888. The SMILES string of the molecule is C=C(C)C(=O)OC[N+](C)(C)C.[I-]. The van der Waals surface area contributed by atoms with Crippen molar-refractivity contribution in [2.75, 3.05) is 27.9 Å². The average molecular weight is 285 g/mol. The predicted octanol–water partition coefficient (Wildman–Crippen LogP) is -2.23. The van der Waals surface area contributed by atoms with E-state index < -0.39 is 0 Å². The number of quaternary nitrogens is 1. The smallest absolute Gasteiger partial charge is 0.337 e. The molecule has 0 aliphatic carbocycles. The number of esters is 1. The first kappa shape index (κ1) is 14.4. The molecule has 0 aliphatic rings. The third-order valence-corrected chi connectivity index (χ3v) is 0.931. The predicted molar refractivity (Wildman–Crippen MR) is 43.8 cm³/mol. The van der Waals surface area contributed by atoms with Crippen molar-refractivity contribution in [1.29, 1.82) is 0 Å². The van der Waals surface area contributed by atoms with E-state index in [1.54, 1.807) is 6.92 Å². The Morgan fingerprint density at radius 1 is 1.42 bits per heavy atom. The first-order valence-electron chi connectivity index (χ1n) is 3.46. The molecule has 0 spiro atoms. The summed E-state index contributed by atoms with van der Waals surface area (Å²) in [6, 6.07) is 0. The van der Waals surface area contributed by atoms with Crippen LogP contribution in [-0.2, 0) is 9.53 Å². The number of rotatable bonds is 3. The fraction of sp³-hybridized carbons (Fsp3) is 0.625. The van der Waals surface area contributed by atoms with E-state index in [9.17, 15) is 4.79 Å². The van der Waals surface area contributed by atoms with Crippen LogP contribution < -0.4 is 24.0 Å². The van der Waals surface area contributed by atoms with E-state index in [4.69, 9.17) is 4.74 Å². The Kier molecular flexibility index (Phi) is 6.65. The Labute approximate surface area is 91.0 Å². The van der Waals surface area contributed by atoms with Crippen LogP contribution in [0.1, 0.15) is 6.92 Å². The van der Waals surface area contributed by atoms with E-state index >= 15 is 0 Å². The van der Waals surface area contributed by atoms with Gasteiger partial charge in [0.25, 0.3) is 0 Å². The highest BCUT2D eigenvalue weighted by Crippen LogP contribution is 1.96. The third-order valence-electron chi connectivity index (χ3n) is 0.931. The lowest BCUT2D eigenvalue weighted by atomic mass is 10.4. The van der Waals surface area contributed by atoms with Gasteiger partial charge in [0.05, 0.1) is 21.1 Å². The second-order valence-electron chi connectivity index (χ2n) is 3.63. The first-order valence-corrected chi connectivity index (χ1v) is 3.46. The summed E-state index contributed by atoms with van der Waals surface area (Å²) in [7, 11) is 5.85. The van der Waals surface area contributed by atoms with Crippen molar-refractivity contribution in [2.45, 2.75) is 6.92 Å². The minimum atomic E-state index is -0.321. The van der Waals surface area contributed by atoms with Gasteiger partial charge in [-0.15, -0.1) is 0 Å². The Balaban J connectivity index is 0. The van der Waals surface area contributed by atoms with Gasteiger partial charge in [0, 0.05) is 5.57 Å². The second kappa shape index (κ2) is 5.53. The van der Waals surface area contributed by atoms with E-state index in [-0.39, 0.29) is 29.9 Å². The summed E-state index contributed by atoms with van der Waals surface area (Å²) in [6.45, 7) is 5.49. The molecule has 12 heavy (non-hydrogen) atoms. The van der Waals surface area contributed by atoms with Crippen LogP contribution in [-0.4, -0.2) is 38.3 Å². The molecule has 0 rings (SSSR count). The Hall–Kier alpha value is -0.100. The largest absolute Gasteiger partial charge is 1.00 e. The van der Waals surface area contributed by atoms with E-state index in [1.165, 1.54) is 0 Å². The van der Waals surface area contributed by atoms with Gasteiger partial charge in [0.1, 0.15) is 0 Å². The van der Waals surface area contributed by atoms with Crippen molar-refractivity contribution in [3.63, 3.8) is 0 Å². The van der Waals surface area contributed by atoms with Crippen LogP contribution in [0.3, 0.4) is 0 Å². The number of carbonyl (C=O) groups excluding carboxylic acids is 1. The molecule has 0 N–H and O–H groups in total. The summed E-state index contributed by atoms with van der Waals surface area (Å²) in [5.41, 5.74) is 0.443. The van der Waals surface area contributed by atoms with E-state index in [2.05, 4.69) is 6.58 Å². The zero-order valence-electron chi connectivity index (χ0n) is 8.06. The molecule has 0 heterocycles. The molecule has 0 aliphatic heterocycles. The van der Waals surface area contributed by atoms with Crippen LogP contribution in [0.25, 0.3) is 0 Å². The zero-order chi connectivity index (χ0) is 9.07. The monoisotopic (exact) mass is 285 g/mol. The lowest BCUT2D eigenvalue weighted by Gasteiger charge is -2.22. The van der Waals surface area contributed by atoms with Gasteiger partial charge < -0.3 is 28.7 Å². The molecule has 0 unspecified atom stereocenters. The molecule has 0 saturated heterocycles. The number of hydrogen-bond donors (Lipinski definition) is 0. The molecule has 72 valence electrons. The number of hydrogen-bond acceptors (Lipinski definition) is 2. The molecule has 4 heteroatoms. The molecule has 0 bridgehead atoms. The molecule has 0 aromatic rings. The molecule has 0 aromatic heterocycles. The minimum Gasteiger partial charge on any atom is -1.00 e. The quantitative estimate of drug-likeness (QED) is 0.193. The van der Waals surface area contributed by atoms with Crippen LogP contribution >= 0.6 is 0 Å². The molecular weight excluding hydrogens is 269 g/mol. The maximum absolute atomic E-state index is 10.9. The van der Waals surface area contributed by atoms with Crippen molar-refractivity contribution < 1.29 is 38.0 Å². The van der Waals surface area contributed by atoms with Gasteiger partial charge in [-0.1, -0.05) is 6.58 Å². The summed E-state index contributed by atoms with van der Waals surface area (Å²) >= 11 is 0. The van der Waals surface area contributed by atoms with Gasteiger partial charge in [0.15, 0.2) is 0 Å². The molecule has 0 amide bonds. The highest BCUT2D eigenvalue weighted by Gasteiger charge is 2.10. The van der Waals surface area contributed by atoms with Gasteiger partial charge in [-0.3, -0.25) is 4.48 Å². The molecule has 0 fully saturated rings. The fourth-order valence-corrected chi connectivity index (χ4v) is 0.375. The molecule has 0 saturated carbocycles. The summed E-state index contributed by atoms with van der Waals surface area (Å²) in [4.78, 5) is 10.9. The minimum absolute atomic E-state index is 0. The van der Waals surface area contributed by atoms with Gasteiger partial charge in [0.2, 0.25) is 6.73 Å². The highest BCUT2D eigenvalue weighted by atomic mass is 127. The normalized spacial score (nSPS) is 10.0. The standard InChI is InChI=1S/C8H16NO2.HI/c1-7(2)8(10)11-6-9(3,4)5;/h1,6H2,2-5H3;1H/q+1;/p-1. The molecular formula is C8H16INO2. The third kappa shape index (κ3) is 8.00. The fourth-order valence-electron chi connectivity index (χ4n) is 0.375. The number of ether oxygens (including phenoxy) is 1. The Bertz CT molecular complexity index is 172. The number of carbonyl (C=O) groups is 1. The van der Waals surface area contributed by atoms with Crippen molar-refractivity contribution in [1.82, 2.24) is 0 Å². The van der Waals surface area contributed by atoms with Crippen LogP contribution in [0.4, 0.5) is 0 Å². The van der Waals surface area contributed by atoms with Crippen LogP contribution in [0.15, 0.2) is 12.2 Å². The number of nitrogens with zero attached hydrogens (tertiary/aromatic N) is 1. The molecule has 0 radical (unpaired) electrons. The van der Waals surface area contributed by atoms with E-state index in [0.717, 1.165) is 0 Å². The summed E-state index contributed by atoms with van der Waals surface area (Å²) < 4.78 is 5.51. The molecule has 0 aromatic carbocycles. The van der Waals surface area contributed by atoms with Gasteiger partial charge in [-0.2, -0.15) is 0 Å². The van der Waals surface area contributed by atoms with Crippen LogP contribution in [0.5, 0.6) is 0 Å². The Morgan fingerprint density at radius 3 is 2.08 bits per heavy atom. The molecule has 3 nitrogen and oxygen atoms in total. The van der Waals surface area contributed by atoms with Gasteiger partial charge >= 0.3 is 5.97 Å². The van der Waals surface area contributed by atoms with E-state index in [1.807, 2.05) is 21.1 Å². The highest BCUT2D eigenvalue weighted by molar-refractivity contribution is 5.86. The molecule has 0 atom stereocenters. The van der Waals surface area contributed by atoms with Crippen LogP contribution in [0, 0.1) is 0 Å². The zero-order valence-corrected chi connectivity index (χ0v) is 10.2. The summed E-state index contributed by atoms with van der Waals surface area (Å²) in [6.07, 6.45) is 0. The van der Waals surface area contributed by atoms with Gasteiger partial charge in [-0.05, 0) is 6.92 Å². The summed E-state index contributed by atoms with van der Waals surface area (Å²) in [5, 5.41) is 0. The lowest BCUT2D eigenvalue weighted by Crippen LogP contribution is -3.00. The van der Waals surface area contributed by atoms with Crippen molar-refractivity contribution >= 4 is 5.97 Å². The maximum Gasteiger partial charge on any atom is 0.337 e. The Morgan fingerprint density at radius 2 is 1.83 bits per heavy atom. The number of halogens is 1.